The van der Waals surface area contributed by atoms with E-state index in [2.05, 4.69) is 18.7 Å². The molecular weight excluding hydrogens is 162 g/mol. The van der Waals surface area contributed by atoms with Crippen LogP contribution in [0.4, 0.5) is 0 Å². The van der Waals surface area contributed by atoms with Gasteiger partial charge < -0.3 is 9.64 Å². The lowest BCUT2D eigenvalue weighted by Gasteiger charge is -2.18. The lowest BCUT2D eigenvalue weighted by molar-refractivity contribution is 0.150. The van der Waals surface area contributed by atoms with Crippen molar-refractivity contribution in [3.8, 4) is 0 Å². The van der Waals surface area contributed by atoms with Crippen molar-refractivity contribution in [2.75, 3.05) is 33.4 Å². The predicted molar refractivity (Wildman–Crippen MR) is 60.2 cm³/mol. The van der Waals surface area contributed by atoms with Crippen molar-refractivity contribution in [1.82, 2.24) is 4.90 Å². The molecule has 0 heterocycles. The van der Waals surface area contributed by atoms with E-state index in [0.29, 0.717) is 0 Å². The molecule has 0 saturated heterocycles. The maximum Gasteiger partial charge on any atom is 0.0589 e. The summed E-state index contributed by atoms with van der Waals surface area (Å²) in [6.45, 7) is 12.7. The zero-order valence-corrected chi connectivity index (χ0v) is 10.1. The van der Waals surface area contributed by atoms with E-state index in [1.807, 2.05) is 13.8 Å². The molecule has 2 nitrogen and oxygen atoms in total. The fraction of sp³-hybridized carbons (Fsp3) is 1.00. The van der Waals surface area contributed by atoms with Crippen molar-refractivity contribution in [3.05, 3.63) is 0 Å². The van der Waals surface area contributed by atoms with E-state index >= 15 is 0 Å². The van der Waals surface area contributed by atoms with Crippen LogP contribution in [0.2, 0.25) is 0 Å². The molecule has 0 aromatic rings. The second-order valence-corrected chi connectivity index (χ2v) is 2.78. The second kappa shape index (κ2) is 14.4. The van der Waals surface area contributed by atoms with Crippen LogP contribution in [0.25, 0.3) is 0 Å². The highest BCUT2D eigenvalue weighted by molar-refractivity contribution is 4.53. The molecule has 0 rings (SSSR count). The molecule has 0 bridgehead atoms. The van der Waals surface area contributed by atoms with Crippen molar-refractivity contribution >= 4 is 0 Å². The summed E-state index contributed by atoms with van der Waals surface area (Å²) < 4.78 is 5.01. The Morgan fingerprint density at radius 2 is 1.69 bits per heavy atom. The van der Waals surface area contributed by atoms with E-state index < -0.39 is 0 Å². The van der Waals surface area contributed by atoms with E-state index in [4.69, 9.17) is 4.74 Å². The van der Waals surface area contributed by atoms with E-state index in [-0.39, 0.29) is 0 Å². The molecular formula is C11H27NO. The zero-order chi connectivity index (χ0) is 10.5. The Hall–Kier alpha value is -0.0800. The molecule has 0 aromatic heterocycles. The van der Waals surface area contributed by atoms with E-state index in [1.165, 1.54) is 19.4 Å². The minimum Gasteiger partial charge on any atom is -0.383 e. The molecule has 0 aliphatic heterocycles. The summed E-state index contributed by atoms with van der Waals surface area (Å²) in [6, 6.07) is 0. The molecule has 0 aliphatic carbocycles. The highest BCUT2D eigenvalue weighted by Crippen LogP contribution is 1.93. The molecule has 2 heteroatoms. The van der Waals surface area contributed by atoms with Crippen LogP contribution >= 0.6 is 0 Å². The summed E-state index contributed by atoms with van der Waals surface area (Å²) in [5, 5.41) is 0. The van der Waals surface area contributed by atoms with Crippen LogP contribution in [0.5, 0.6) is 0 Å². The van der Waals surface area contributed by atoms with Gasteiger partial charge in [-0.3, -0.25) is 0 Å². The third-order valence-corrected chi connectivity index (χ3v) is 1.89. The topological polar surface area (TPSA) is 12.5 Å². The number of ether oxygens (including phenoxy) is 1. The Morgan fingerprint density at radius 1 is 1.08 bits per heavy atom. The first-order valence-corrected chi connectivity index (χ1v) is 5.56. The summed E-state index contributed by atoms with van der Waals surface area (Å²) in [4.78, 5) is 2.42. The first-order valence-electron chi connectivity index (χ1n) is 5.56. The second-order valence-electron chi connectivity index (χ2n) is 2.78. The van der Waals surface area contributed by atoms with Crippen LogP contribution in [0.1, 0.15) is 40.5 Å². The third kappa shape index (κ3) is 11.9. The summed E-state index contributed by atoms with van der Waals surface area (Å²) in [5.74, 6) is 0. The van der Waals surface area contributed by atoms with Crippen LogP contribution in [-0.2, 0) is 4.74 Å². The largest absolute Gasteiger partial charge is 0.383 e. The molecule has 13 heavy (non-hydrogen) atoms. The normalized spacial score (nSPS) is 9.69. The van der Waals surface area contributed by atoms with Crippen LogP contribution in [0, 0.1) is 0 Å². The van der Waals surface area contributed by atoms with Gasteiger partial charge in [0, 0.05) is 13.7 Å². The molecule has 0 saturated carbocycles. The standard InChI is InChI=1S/C9H21NO.C2H6/c1-4-6-7-10(5-2)8-9-11-3;1-2/h4-9H2,1-3H3;1-2H3. The highest BCUT2D eigenvalue weighted by atomic mass is 16.5. The van der Waals surface area contributed by atoms with Gasteiger partial charge in [0.15, 0.2) is 0 Å². The minimum atomic E-state index is 0.859. The Kier molecular flexibility index (Phi) is 17.1. The monoisotopic (exact) mass is 189 g/mol. The summed E-state index contributed by atoms with van der Waals surface area (Å²) in [7, 11) is 1.76. The van der Waals surface area contributed by atoms with Gasteiger partial charge in [-0.15, -0.1) is 0 Å². The maximum atomic E-state index is 5.01. The zero-order valence-electron chi connectivity index (χ0n) is 10.1. The van der Waals surface area contributed by atoms with E-state index in [0.717, 1.165) is 19.7 Å². The van der Waals surface area contributed by atoms with Gasteiger partial charge in [0.05, 0.1) is 6.61 Å². The average molecular weight is 189 g/mol. The van der Waals surface area contributed by atoms with Gasteiger partial charge in [-0.25, -0.2) is 0 Å². The summed E-state index contributed by atoms with van der Waals surface area (Å²) in [6.07, 6.45) is 2.58. The van der Waals surface area contributed by atoms with Crippen LogP contribution in [0.3, 0.4) is 0 Å². The van der Waals surface area contributed by atoms with Gasteiger partial charge in [0.2, 0.25) is 0 Å². The fourth-order valence-electron chi connectivity index (χ4n) is 1.03. The molecule has 0 fully saturated rings. The van der Waals surface area contributed by atoms with Crippen molar-refractivity contribution < 1.29 is 4.74 Å². The number of likely N-dealkylation sites (N-methyl/N-ethyl adjacent to an activating group) is 1. The quantitative estimate of drug-likeness (QED) is 0.610. The first-order chi connectivity index (χ1) is 6.35. The molecule has 0 spiro atoms. The Balaban J connectivity index is 0. The van der Waals surface area contributed by atoms with Gasteiger partial charge in [0.1, 0.15) is 0 Å². The fourth-order valence-corrected chi connectivity index (χ4v) is 1.03. The molecule has 0 radical (unpaired) electrons. The van der Waals surface area contributed by atoms with Gasteiger partial charge in [0.25, 0.3) is 0 Å². The van der Waals surface area contributed by atoms with Crippen molar-refractivity contribution in [1.29, 1.82) is 0 Å². The van der Waals surface area contributed by atoms with E-state index in [9.17, 15) is 0 Å². The Morgan fingerprint density at radius 3 is 2.08 bits per heavy atom. The van der Waals surface area contributed by atoms with Crippen molar-refractivity contribution in [3.63, 3.8) is 0 Å². The number of unbranched alkanes of at least 4 members (excludes halogenated alkanes) is 1. The van der Waals surface area contributed by atoms with Crippen molar-refractivity contribution in [2.24, 2.45) is 0 Å². The van der Waals surface area contributed by atoms with Crippen LogP contribution in [0.15, 0.2) is 0 Å². The van der Waals surface area contributed by atoms with Gasteiger partial charge >= 0.3 is 0 Å². The molecule has 0 aromatic carbocycles. The smallest absolute Gasteiger partial charge is 0.0589 e. The SMILES string of the molecule is CC.CCCCN(CC)CCOC. The molecule has 0 unspecified atom stereocenters. The molecule has 0 atom stereocenters. The lowest BCUT2D eigenvalue weighted by Crippen LogP contribution is -2.28. The van der Waals surface area contributed by atoms with Gasteiger partial charge in [-0.2, -0.15) is 0 Å². The van der Waals surface area contributed by atoms with E-state index in [1.54, 1.807) is 7.11 Å². The van der Waals surface area contributed by atoms with Gasteiger partial charge in [-0.1, -0.05) is 34.1 Å². The highest BCUT2D eigenvalue weighted by Gasteiger charge is 1.98. The molecule has 0 amide bonds. The molecule has 0 N–H and O–H groups in total. The molecule has 82 valence electrons. The van der Waals surface area contributed by atoms with Crippen LogP contribution in [-0.4, -0.2) is 38.3 Å². The number of methoxy groups -OCH3 is 1. The predicted octanol–water partition coefficient (Wildman–Crippen LogP) is 2.78. The minimum absolute atomic E-state index is 0.859. The summed E-state index contributed by atoms with van der Waals surface area (Å²) in [5.41, 5.74) is 0. The molecule has 0 aliphatic rings. The number of hydrogen-bond donors (Lipinski definition) is 0. The van der Waals surface area contributed by atoms with Gasteiger partial charge in [-0.05, 0) is 19.5 Å². The average Bonchev–Trinajstić information content (AvgIpc) is 2.21. The lowest BCUT2D eigenvalue weighted by atomic mass is 10.3. The number of rotatable bonds is 7. The third-order valence-electron chi connectivity index (χ3n) is 1.89. The number of hydrogen-bond acceptors (Lipinski definition) is 2. The maximum absolute atomic E-state index is 5.01. The number of nitrogens with zero attached hydrogens (tertiary/aromatic N) is 1. The summed E-state index contributed by atoms with van der Waals surface area (Å²) >= 11 is 0. The first kappa shape index (κ1) is 15.4. The van der Waals surface area contributed by atoms with Crippen LogP contribution < -0.4 is 0 Å². The van der Waals surface area contributed by atoms with Crippen molar-refractivity contribution in [2.45, 2.75) is 40.5 Å². The Bertz CT molecular complexity index is 68.5. The Labute approximate surface area is 84.3 Å².